The second kappa shape index (κ2) is 5.35. The van der Waals surface area contributed by atoms with E-state index in [-0.39, 0.29) is 12.5 Å². The van der Waals surface area contributed by atoms with E-state index in [1.165, 1.54) is 28.6 Å². The van der Waals surface area contributed by atoms with Gasteiger partial charge in [0.15, 0.2) is 0 Å². The SMILES string of the molecule is CCCN1CCc2c([nH]c3ccccc23)C(CO)C1. The van der Waals surface area contributed by atoms with Gasteiger partial charge in [0, 0.05) is 35.6 Å². The molecule has 19 heavy (non-hydrogen) atoms. The van der Waals surface area contributed by atoms with Crippen molar-refractivity contribution in [2.45, 2.75) is 25.7 Å². The Bertz CT molecular complexity index is 561. The van der Waals surface area contributed by atoms with E-state index in [1.807, 2.05) is 0 Å². The zero-order valence-electron chi connectivity index (χ0n) is 11.5. The number of para-hydroxylation sites is 1. The third-order valence-electron chi connectivity index (χ3n) is 4.17. The lowest BCUT2D eigenvalue weighted by atomic mass is 10.0. The summed E-state index contributed by atoms with van der Waals surface area (Å²) < 4.78 is 0. The van der Waals surface area contributed by atoms with Crippen LogP contribution in [0.3, 0.4) is 0 Å². The van der Waals surface area contributed by atoms with Crippen LogP contribution in [0.15, 0.2) is 24.3 Å². The Balaban J connectivity index is 2.01. The molecule has 0 amide bonds. The van der Waals surface area contributed by atoms with E-state index >= 15 is 0 Å². The molecule has 3 nitrogen and oxygen atoms in total. The molecule has 102 valence electrons. The molecular formula is C16H22N2O. The van der Waals surface area contributed by atoms with Crippen LogP contribution in [0, 0.1) is 0 Å². The summed E-state index contributed by atoms with van der Waals surface area (Å²) in [5.41, 5.74) is 3.87. The third-order valence-corrected chi connectivity index (χ3v) is 4.17. The molecule has 0 aliphatic carbocycles. The number of nitrogens with one attached hydrogen (secondary N) is 1. The Labute approximate surface area is 114 Å². The maximum atomic E-state index is 9.73. The number of hydrogen-bond donors (Lipinski definition) is 2. The van der Waals surface area contributed by atoms with Crippen LogP contribution in [-0.4, -0.2) is 41.2 Å². The predicted molar refractivity (Wildman–Crippen MR) is 78.6 cm³/mol. The number of aromatic amines is 1. The molecule has 0 fully saturated rings. The van der Waals surface area contributed by atoms with Crippen molar-refractivity contribution in [2.75, 3.05) is 26.2 Å². The Hall–Kier alpha value is -1.32. The molecular weight excluding hydrogens is 236 g/mol. The number of fused-ring (bicyclic) bond motifs is 3. The first kappa shape index (κ1) is 12.7. The van der Waals surface area contributed by atoms with Crippen molar-refractivity contribution < 1.29 is 5.11 Å². The van der Waals surface area contributed by atoms with Gasteiger partial charge in [-0.3, -0.25) is 0 Å². The third kappa shape index (κ3) is 2.28. The van der Waals surface area contributed by atoms with E-state index in [1.54, 1.807) is 0 Å². The number of aliphatic hydroxyl groups is 1. The van der Waals surface area contributed by atoms with Crippen molar-refractivity contribution in [1.82, 2.24) is 9.88 Å². The van der Waals surface area contributed by atoms with Gasteiger partial charge in [0.1, 0.15) is 0 Å². The zero-order chi connectivity index (χ0) is 13.2. The number of aliphatic hydroxyl groups excluding tert-OH is 1. The van der Waals surface area contributed by atoms with Gasteiger partial charge in [-0.25, -0.2) is 0 Å². The van der Waals surface area contributed by atoms with Crippen molar-refractivity contribution in [3.05, 3.63) is 35.5 Å². The van der Waals surface area contributed by atoms with E-state index in [2.05, 4.69) is 41.1 Å². The standard InChI is InChI=1S/C16H22N2O/c1-2-8-18-9-7-14-13-5-3-4-6-15(13)17-16(14)12(10-18)11-19/h3-6,12,17,19H,2,7-11H2,1H3. The van der Waals surface area contributed by atoms with E-state index in [0.717, 1.165) is 26.1 Å². The van der Waals surface area contributed by atoms with Crippen LogP contribution in [0.2, 0.25) is 0 Å². The minimum Gasteiger partial charge on any atom is -0.396 e. The summed E-state index contributed by atoms with van der Waals surface area (Å²) in [4.78, 5) is 6.01. The molecule has 2 heterocycles. The summed E-state index contributed by atoms with van der Waals surface area (Å²) in [6, 6.07) is 8.48. The van der Waals surface area contributed by atoms with Crippen LogP contribution < -0.4 is 0 Å². The molecule has 1 aromatic carbocycles. The van der Waals surface area contributed by atoms with E-state index in [0.29, 0.717) is 0 Å². The number of aromatic nitrogens is 1. The molecule has 1 aromatic heterocycles. The molecule has 0 saturated heterocycles. The Morgan fingerprint density at radius 3 is 3.00 bits per heavy atom. The van der Waals surface area contributed by atoms with E-state index < -0.39 is 0 Å². The van der Waals surface area contributed by atoms with Gasteiger partial charge >= 0.3 is 0 Å². The summed E-state index contributed by atoms with van der Waals surface area (Å²) in [5, 5.41) is 11.1. The fourth-order valence-electron chi connectivity index (χ4n) is 3.27. The monoisotopic (exact) mass is 258 g/mol. The second-order valence-corrected chi connectivity index (χ2v) is 5.49. The summed E-state index contributed by atoms with van der Waals surface area (Å²) in [7, 11) is 0. The van der Waals surface area contributed by atoms with Crippen LogP contribution in [-0.2, 0) is 6.42 Å². The minimum atomic E-state index is 0.219. The fourth-order valence-corrected chi connectivity index (χ4v) is 3.27. The predicted octanol–water partition coefficient (Wildman–Crippen LogP) is 2.51. The molecule has 3 rings (SSSR count). The highest BCUT2D eigenvalue weighted by atomic mass is 16.3. The van der Waals surface area contributed by atoms with Gasteiger partial charge in [-0.2, -0.15) is 0 Å². The fraction of sp³-hybridized carbons (Fsp3) is 0.500. The summed E-state index contributed by atoms with van der Waals surface area (Å²) in [6.45, 7) is 5.62. The molecule has 1 aliphatic heterocycles. The molecule has 1 aliphatic rings. The van der Waals surface area contributed by atoms with Crippen LogP contribution in [0.25, 0.3) is 10.9 Å². The Morgan fingerprint density at radius 1 is 1.37 bits per heavy atom. The van der Waals surface area contributed by atoms with Crippen molar-refractivity contribution in [3.8, 4) is 0 Å². The number of benzene rings is 1. The molecule has 0 saturated carbocycles. The number of H-pyrrole nitrogens is 1. The minimum absolute atomic E-state index is 0.219. The topological polar surface area (TPSA) is 39.3 Å². The first-order valence-electron chi connectivity index (χ1n) is 7.26. The average Bonchev–Trinajstić information content (AvgIpc) is 2.71. The molecule has 2 aromatic rings. The normalized spacial score (nSPS) is 20.4. The average molecular weight is 258 g/mol. The molecule has 0 spiro atoms. The molecule has 3 heteroatoms. The smallest absolute Gasteiger partial charge is 0.0526 e. The van der Waals surface area contributed by atoms with Crippen LogP contribution in [0.5, 0.6) is 0 Å². The quantitative estimate of drug-likeness (QED) is 0.888. The van der Waals surface area contributed by atoms with Gasteiger partial charge in [-0.1, -0.05) is 25.1 Å². The summed E-state index contributed by atoms with van der Waals surface area (Å²) in [5.74, 6) is 0.219. The molecule has 2 N–H and O–H groups in total. The Morgan fingerprint density at radius 2 is 2.21 bits per heavy atom. The van der Waals surface area contributed by atoms with Gasteiger partial charge in [-0.15, -0.1) is 0 Å². The molecule has 1 atom stereocenters. The van der Waals surface area contributed by atoms with Crippen LogP contribution >= 0.6 is 0 Å². The van der Waals surface area contributed by atoms with E-state index in [4.69, 9.17) is 0 Å². The lowest BCUT2D eigenvalue weighted by Gasteiger charge is -2.22. The van der Waals surface area contributed by atoms with Gasteiger partial charge in [-0.05, 0) is 31.0 Å². The maximum Gasteiger partial charge on any atom is 0.0526 e. The van der Waals surface area contributed by atoms with Crippen LogP contribution in [0.1, 0.15) is 30.5 Å². The van der Waals surface area contributed by atoms with Gasteiger partial charge in [0.2, 0.25) is 0 Å². The summed E-state index contributed by atoms with van der Waals surface area (Å²) in [6.07, 6.45) is 2.25. The second-order valence-electron chi connectivity index (χ2n) is 5.49. The van der Waals surface area contributed by atoms with Crippen LogP contribution in [0.4, 0.5) is 0 Å². The van der Waals surface area contributed by atoms with Gasteiger partial charge < -0.3 is 15.0 Å². The highest BCUT2D eigenvalue weighted by Crippen LogP contribution is 2.31. The van der Waals surface area contributed by atoms with Crippen molar-refractivity contribution >= 4 is 10.9 Å². The first-order valence-corrected chi connectivity index (χ1v) is 7.26. The first-order chi connectivity index (χ1) is 9.33. The maximum absolute atomic E-state index is 9.73. The Kier molecular flexibility index (Phi) is 3.58. The lowest BCUT2D eigenvalue weighted by Crippen LogP contribution is -2.30. The van der Waals surface area contributed by atoms with Gasteiger partial charge in [0.25, 0.3) is 0 Å². The molecule has 1 unspecified atom stereocenters. The summed E-state index contributed by atoms with van der Waals surface area (Å²) >= 11 is 0. The molecule has 0 bridgehead atoms. The van der Waals surface area contributed by atoms with E-state index in [9.17, 15) is 5.11 Å². The lowest BCUT2D eigenvalue weighted by molar-refractivity contribution is 0.206. The van der Waals surface area contributed by atoms with Crippen molar-refractivity contribution in [1.29, 1.82) is 0 Å². The largest absolute Gasteiger partial charge is 0.396 e. The number of rotatable bonds is 3. The van der Waals surface area contributed by atoms with Crippen molar-refractivity contribution in [3.63, 3.8) is 0 Å². The zero-order valence-corrected chi connectivity index (χ0v) is 11.5. The van der Waals surface area contributed by atoms with Crippen molar-refractivity contribution in [2.24, 2.45) is 0 Å². The number of hydrogen-bond acceptors (Lipinski definition) is 2. The highest BCUT2D eigenvalue weighted by Gasteiger charge is 2.25. The highest BCUT2D eigenvalue weighted by molar-refractivity contribution is 5.85. The number of nitrogens with zero attached hydrogens (tertiary/aromatic N) is 1. The molecule has 0 radical (unpaired) electrons. The van der Waals surface area contributed by atoms with Gasteiger partial charge in [0.05, 0.1) is 6.61 Å².